The first kappa shape index (κ1) is 6.47. The second-order valence-corrected chi connectivity index (χ2v) is 2.66. The van der Waals surface area contributed by atoms with Crippen molar-refractivity contribution in [2.75, 3.05) is 7.11 Å². The Kier molecular flexibility index (Phi) is 1.42. The van der Waals surface area contributed by atoms with Gasteiger partial charge in [-0.3, -0.25) is 0 Å². The van der Waals surface area contributed by atoms with Gasteiger partial charge < -0.3 is 4.74 Å². The Hall–Kier alpha value is -1.24. The van der Waals surface area contributed by atoms with Crippen molar-refractivity contribution in [2.45, 2.75) is 0 Å². The predicted molar refractivity (Wildman–Crippen MR) is 44.9 cm³/mol. The number of ether oxygens (including phenoxy) is 1. The highest BCUT2D eigenvalue weighted by Crippen LogP contribution is 2.31. The minimum Gasteiger partial charge on any atom is -0.500 e. The van der Waals surface area contributed by atoms with Gasteiger partial charge >= 0.3 is 0 Å². The average molecular weight is 146 g/mol. The summed E-state index contributed by atoms with van der Waals surface area (Å²) in [5.74, 6) is 1.42. The van der Waals surface area contributed by atoms with Crippen molar-refractivity contribution in [1.29, 1.82) is 0 Å². The number of fused-ring (bicyclic) bond motifs is 1. The fourth-order valence-electron chi connectivity index (χ4n) is 1.45. The molecular weight excluding hydrogens is 136 g/mol. The van der Waals surface area contributed by atoms with Crippen LogP contribution in [-0.4, -0.2) is 7.11 Å². The van der Waals surface area contributed by atoms with Crippen LogP contribution in [0.25, 0.3) is 0 Å². The fraction of sp³-hybridized carbons (Fsp3) is 0.200. The van der Waals surface area contributed by atoms with E-state index in [0.717, 1.165) is 5.76 Å². The molecule has 0 saturated heterocycles. The molecule has 0 radical (unpaired) electrons. The summed E-state index contributed by atoms with van der Waals surface area (Å²) in [5.41, 5.74) is 1.32. The third-order valence-electron chi connectivity index (χ3n) is 2.04. The van der Waals surface area contributed by atoms with E-state index in [1.165, 1.54) is 5.57 Å². The Morgan fingerprint density at radius 2 is 2.18 bits per heavy atom. The topological polar surface area (TPSA) is 9.23 Å². The summed E-state index contributed by atoms with van der Waals surface area (Å²) in [6, 6.07) is 0. The molecule has 0 fully saturated rings. The zero-order valence-electron chi connectivity index (χ0n) is 6.45. The Morgan fingerprint density at radius 3 is 3.00 bits per heavy atom. The van der Waals surface area contributed by atoms with E-state index in [0.29, 0.717) is 5.92 Å². The monoisotopic (exact) mass is 146 g/mol. The molecule has 0 N–H and O–H groups in total. The SMILES string of the molecule is COC1=CC=C2C=CC=CC21. The molecule has 0 aliphatic heterocycles. The van der Waals surface area contributed by atoms with Crippen molar-refractivity contribution in [2.24, 2.45) is 5.92 Å². The fourth-order valence-corrected chi connectivity index (χ4v) is 1.45. The first-order valence-electron chi connectivity index (χ1n) is 3.72. The zero-order chi connectivity index (χ0) is 7.68. The van der Waals surface area contributed by atoms with Crippen molar-refractivity contribution in [1.82, 2.24) is 0 Å². The quantitative estimate of drug-likeness (QED) is 0.551. The van der Waals surface area contributed by atoms with Crippen LogP contribution in [0.1, 0.15) is 0 Å². The lowest BCUT2D eigenvalue weighted by atomic mass is 9.97. The summed E-state index contributed by atoms with van der Waals surface area (Å²) < 4.78 is 5.20. The molecule has 0 aromatic heterocycles. The van der Waals surface area contributed by atoms with Crippen LogP contribution in [0.15, 0.2) is 47.8 Å². The molecule has 1 atom stereocenters. The van der Waals surface area contributed by atoms with Gasteiger partial charge in [-0.1, -0.05) is 30.4 Å². The van der Waals surface area contributed by atoms with Crippen LogP contribution in [0.4, 0.5) is 0 Å². The van der Waals surface area contributed by atoms with Gasteiger partial charge in [-0.05, 0) is 11.6 Å². The second kappa shape index (κ2) is 2.42. The molecule has 1 heteroatoms. The van der Waals surface area contributed by atoms with E-state index in [9.17, 15) is 0 Å². The number of methoxy groups -OCH3 is 1. The van der Waals surface area contributed by atoms with E-state index in [4.69, 9.17) is 4.74 Å². The molecule has 11 heavy (non-hydrogen) atoms. The van der Waals surface area contributed by atoms with Crippen molar-refractivity contribution in [3.8, 4) is 0 Å². The van der Waals surface area contributed by atoms with E-state index in [-0.39, 0.29) is 0 Å². The van der Waals surface area contributed by atoms with Crippen molar-refractivity contribution in [3.05, 3.63) is 47.8 Å². The summed E-state index contributed by atoms with van der Waals surface area (Å²) in [5, 5.41) is 0. The van der Waals surface area contributed by atoms with Gasteiger partial charge in [-0.25, -0.2) is 0 Å². The third kappa shape index (κ3) is 0.929. The first-order valence-corrected chi connectivity index (χ1v) is 3.72. The summed E-state index contributed by atoms with van der Waals surface area (Å²) in [6.07, 6.45) is 12.5. The lowest BCUT2D eigenvalue weighted by molar-refractivity contribution is 0.270. The highest BCUT2D eigenvalue weighted by atomic mass is 16.5. The van der Waals surface area contributed by atoms with Gasteiger partial charge in [-0.2, -0.15) is 0 Å². The van der Waals surface area contributed by atoms with Crippen LogP contribution in [0.3, 0.4) is 0 Å². The Morgan fingerprint density at radius 1 is 1.27 bits per heavy atom. The largest absolute Gasteiger partial charge is 0.500 e. The Bertz CT molecular complexity index is 279. The lowest BCUT2D eigenvalue weighted by Crippen LogP contribution is -2.02. The maximum atomic E-state index is 5.20. The zero-order valence-corrected chi connectivity index (χ0v) is 6.45. The third-order valence-corrected chi connectivity index (χ3v) is 2.04. The smallest absolute Gasteiger partial charge is 0.107 e. The summed E-state index contributed by atoms with van der Waals surface area (Å²) >= 11 is 0. The van der Waals surface area contributed by atoms with Crippen LogP contribution in [-0.2, 0) is 4.74 Å². The molecule has 0 heterocycles. The number of hydrogen-bond acceptors (Lipinski definition) is 1. The van der Waals surface area contributed by atoms with E-state index < -0.39 is 0 Å². The van der Waals surface area contributed by atoms with Gasteiger partial charge in [0.25, 0.3) is 0 Å². The van der Waals surface area contributed by atoms with Crippen molar-refractivity contribution >= 4 is 0 Å². The highest BCUT2D eigenvalue weighted by Gasteiger charge is 2.20. The van der Waals surface area contributed by atoms with Crippen LogP contribution in [0.5, 0.6) is 0 Å². The van der Waals surface area contributed by atoms with Crippen molar-refractivity contribution in [3.63, 3.8) is 0 Å². The molecule has 2 aliphatic rings. The van der Waals surface area contributed by atoms with Crippen LogP contribution in [0.2, 0.25) is 0 Å². The molecule has 0 amide bonds. The molecule has 0 saturated carbocycles. The predicted octanol–water partition coefficient (Wildman–Crippen LogP) is 2.20. The minimum atomic E-state index is 0.380. The molecule has 0 aromatic carbocycles. The number of allylic oxidation sites excluding steroid dienone is 6. The lowest BCUT2D eigenvalue weighted by Gasteiger charge is -2.13. The molecule has 0 spiro atoms. The number of rotatable bonds is 1. The summed E-state index contributed by atoms with van der Waals surface area (Å²) in [6.45, 7) is 0. The van der Waals surface area contributed by atoms with Crippen LogP contribution in [0, 0.1) is 5.92 Å². The first-order chi connectivity index (χ1) is 5.42. The molecule has 1 unspecified atom stereocenters. The van der Waals surface area contributed by atoms with Gasteiger partial charge in [0.15, 0.2) is 0 Å². The summed E-state index contributed by atoms with van der Waals surface area (Å²) in [4.78, 5) is 0. The molecule has 2 aliphatic carbocycles. The highest BCUT2D eigenvalue weighted by molar-refractivity contribution is 5.45. The summed E-state index contributed by atoms with van der Waals surface area (Å²) in [7, 11) is 1.72. The minimum absolute atomic E-state index is 0.380. The van der Waals surface area contributed by atoms with Crippen LogP contribution < -0.4 is 0 Å². The van der Waals surface area contributed by atoms with Crippen molar-refractivity contribution < 1.29 is 4.74 Å². The van der Waals surface area contributed by atoms with E-state index in [1.807, 2.05) is 6.08 Å². The van der Waals surface area contributed by atoms with E-state index >= 15 is 0 Å². The van der Waals surface area contributed by atoms with Crippen LogP contribution >= 0.6 is 0 Å². The maximum Gasteiger partial charge on any atom is 0.107 e. The average Bonchev–Trinajstić information content (AvgIpc) is 2.47. The molecular formula is C10H10O. The molecule has 0 bridgehead atoms. The molecule has 0 aromatic rings. The maximum absolute atomic E-state index is 5.20. The Labute approximate surface area is 66.4 Å². The second-order valence-electron chi connectivity index (χ2n) is 2.66. The molecule has 56 valence electrons. The van der Waals surface area contributed by atoms with Gasteiger partial charge in [0.2, 0.25) is 0 Å². The number of hydrogen-bond donors (Lipinski definition) is 0. The standard InChI is InChI=1S/C10H10O/c1-11-10-7-6-8-4-2-3-5-9(8)10/h2-7,9H,1H3. The van der Waals surface area contributed by atoms with Gasteiger partial charge in [-0.15, -0.1) is 0 Å². The molecule has 2 rings (SSSR count). The normalized spacial score (nSPS) is 26.1. The molecule has 1 nitrogen and oxygen atoms in total. The van der Waals surface area contributed by atoms with E-state index in [2.05, 4.69) is 30.4 Å². The van der Waals surface area contributed by atoms with Gasteiger partial charge in [0.1, 0.15) is 5.76 Å². The Balaban J connectivity index is 2.29. The van der Waals surface area contributed by atoms with Gasteiger partial charge in [0, 0.05) is 0 Å². The van der Waals surface area contributed by atoms with Gasteiger partial charge in [0.05, 0.1) is 13.0 Å². The van der Waals surface area contributed by atoms with E-state index in [1.54, 1.807) is 7.11 Å².